The largest absolute Gasteiger partial charge is 0.383 e. The molecule has 1 aromatic heterocycles. The van der Waals surface area contributed by atoms with Crippen LogP contribution in [0.5, 0.6) is 0 Å². The van der Waals surface area contributed by atoms with Gasteiger partial charge in [0.1, 0.15) is 5.82 Å². The van der Waals surface area contributed by atoms with Crippen LogP contribution in [-0.2, 0) is 11.3 Å². The highest BCUT2D eigenvalue weighted by Gasteiger charge is 2.23. The molecular formula is C18H31N5O3S. The van der Waals surface area contributed by atoms with Crippen molar-refractivity contribution in [3.05, 3.63) is 20.8 Å². The molecule has 2 rings (SSSR count). The summed E-state index contributed by atoms with van der Waals surface area (Å²) in [6.07, 6.45) is 3.94. The second kappa shape index (κ2) is 9.89. The van der Waals surface area contributed by atoms with E-state index in [2.05, 4.69) is 17.2 Å². The third kappa shape index (κ3) is 5.55. The van der Waals surface area contributed by atoms with E-state index in [0.29, 0.717) is 24.7 Å². The molecule has 27 heavy (non-hydrogen) atoms. The molecule has 1 fully saturated rings. The van der Waals surface area contributed by atoms with Gasteiger partial charge in [-0.25, -0.2) is 4.79 Å². The van der Waals surface area contributed by atoms with Crippen molar-refractivity contribution in [1.82, 2.24) is 14.9 Å². The number of aromatic amines is 1. The van der Waals surface area contributed by atoms with Crippen LogP contribution in [0.1, 0.15) is 46.5 Å². The average Bonchev–Trinajstić information content (AvgIpc) is 3.12. The molecular weight excluding hydrogens is 366 g/mol. The van der Waals surface area contributed by atoms with Gasteiger partial charge in [-0.3, -0.25) is 14.3 Å². The number of hydrogen-bond acceptors (Lipinski definition) is 5. The van der Waals surface area contributed by atoms with Crippen LogP contribution in [0.25, 0.3) is 0 Å². The van der Waals surface area contributed by atoms with Gasteiger partial charge in [0.05, 0.1) is 6.10 Å². The van der Waals surface area contributed by atoms with E-state index in [0.717, 1.165) is 32.3 Å². The summed E-state index contributed by atoms with van der Waals surface area (Å²) < 4.78 is 7.02. The molecule has 0 spiro atoms. The first-order valence-corrected chi connectivity index (χ1v) is 10.1. The highest BCUT2D eigenvalue weighted by atomic mass is 32.1. The number of ether oxygens (including phenoxy) is 1. The minimum absolute atomic E-state index is 0.126. The van der Waals surface area contributed by atoms with Crippen LogP contribution < -0.4 is 27.2 Å². The predicted molar refractivity (Wildman–Crippen MR) is 112 cm³/mol. The zero-order valence-electron chi connectivity index (χ0n) is 16.4. The first-order valence-electron chi connectivity index (χ1n) is 9.64. The SMILES string of the molecule is CCCCN(C(=S)NC[C@@H]1CCCO1)c1c(N)n(CC(C)C)c(=O)[nH]c1=O. The Morgan fingerprint density at radius 2 is 2.22 bits per heavy atom. The average molecular weight is 398 g/mol. The third-order valence-electron chi connectivity index (χ3n) is 4.52. The first kappa shape index (κ1) is 21.4. The number of anilines is 2. The van der Waals surface area contributed by atoms with Gasteiger partial charge in [0.2, 0.25) is 0 Å². The van der Waals surface area contributed by atoms with Crippen molar-refractivity contribution >= 4 is 28.8 Å². The van der Waals surface area contributed by atoms with E-state index in [1.165, 1.54) is 4.57 Å². The summed E-state index contributed by atoms with van der Waals surface area (Å²) in [6, 6.07) is 0. The number of nitrogens with one attached hydrogen (secondary N) is 2. The maximum absolute atomic E-state index is 12.6. The molecule has 152 valence electrons. The van der Waals surface area contributed by atoms with Crippen LogP contribution in [0.2, 0.25) is 0 Å². The van der Waals surface area contributed by atoms with Crippen molar-refractivity contribution in [1.29, 1.82) is 0 Å². The van der Waals surface area contributed by atoms with E-state index in [9.17, 15) is 9.59 Å². The lowest BCUT2D eigenvalue weighted by atomic mass is 10.2. The van der Waals surface area contributed by atoms with Crippen molar-refractivity contribution in [2.75, 3.05) is 30.3 Å². The number of aromatic nitrogens is 2. The van der Waals surface area contributed by atoms with E-state index in [1.807, 2.05) is 13.8 Å². The van der Waals surface area contributed by atoms with E-state index < -0.39 is 11.2 Å². The molecule has 9 heteroatoms. The molecule has 0 unspecified atom stereocenters. The van der Waals surface area contributed by atoms with Gasteiger partial charge in [0.15, 0.2) is 10.8 Å². The third-order valence-corrected chi connectivity index (χ3v) is 4.88. The normalized spacial score (nSPS) is 16.7. The zero-order valence-corrected chi connectivity index (χ0v) is 17.2. The number of nitrogens with two attached hydrogens (primary N) is 1. The fourth-order valence-electron chi connectivity index (χ4n) is 3.12. The van der Waals surface area contributed by atoms with Crippen LogP contribution in [0, 0.1) is 5.92 Å². The highest BCUT2D eigenvalue weighted by molar-refractivity contribution is 7.80. The number of thiocarbonyl (C=S) groups is 1. The molecule has 2 heterocycles. The molecule has 1 atom stereocenters. The number of H-pyrrole nitrogens is 1. The molecule has 1 aromatic rings. The van der Waals surface area contributed by atoms with Crippen molar-refractivity contribution in [3.63, 3.8) is 0 Å². The van der Waals surface area contributed by atoms with Gasteiger partial charge in [-0.1, -0.05) is 27.2 Å². The number of nitrogen functional groups attached to an aromatic ring is 1. The zero-order chi connectivity index (χ0) is 20.0. The standard InChI is InChI=1S/C18H31N5O3S/c1-4-5-8-22(18(27)20-10-13-7-6-9-26-13)14-15(19)23(11-12(2)3)17(25)21-16(14)24/h12-13H,4-11,19H2,1-3H3,(H,20,27)(H,21,24,25)/t13-/m0/s1. The lowest BCUT2D eigenvalue weighted by molar-refractivity contribution is 0.114. The number of nitrogens with zero attached hydrogens (tertiary/aromatic N) is 2. The topological polar surface area (TPSA) is 105 Å². The summed E-state index contributed by atoms with van der Waals surface area (Å²) >= 11 is 5.55. The fourth-order valence-corrected chi connectivity index (χ4v) is 3.38. The maximum Gasteiger partial charge on any atom is 0.330 e. The van der Waals surface area contributed by atoms with E-state index in [4.69, 9.17) is 22.7 Å². The smallest absolute Gasteiger partial charge is 0.330 e. The Morgan fingerprint density at radius 1 is 1.48 bits per heavy atom. The molecule has 8 nitrogen and oxygen atoms in total. The summed E-state index contributed by atoms with van der Waals surface area (Å²) in [5.74, 6) is 0.354. The number of unbranched alkanes of at least 4 members (excludes halogenated alkanes) is 1. The van der Waals surface area contributed by atoms with Gasteiger partial charge in [-0.15, -0.1) is 0 Å². The van der Waals surface area contributed by atoms with Gasteiger partial charge in [-0.2, -0.15) is 0 Å². The summed E-state index contributed by atoms with van der Waals surface area (Å²) in [6.45, 7) is 8.36. The van der Waals surface area contributed by atoms with Gasteiger partial charge in [0.25, 0.3) is 5.56 Å². The summed E-state index contributed by atoms with van der Waals surface area (Å²) in [7, 11) is 0. The van der Waals surface area contributed by atoms with E-state index >= 15 is 0 Å². The molecule has 0 amide bonds. The molecule has 1 aliphatic rings. The summed E-state index contributed by atoms with van der Waals surface area (Å²) in [5.41, 5.74) is 5.47. The molecule has 0 saturated carbocycles. The van der Waals surface area contributed by atoms with Crippen molar-refractivity contribution < 1.29 is 4.74 Å². The quantitative estimate of drug-likeness (QED) is 0.570. The van der Waals surface area contributed by atoms with Crippen molar-refractivity contribution in [2.45, 2.75) is 59.1 Å². The summed E-state index contributed by atoms with van der Waals surface area (Å²) in [4.78, 5) is 28.9. The Morgan fingerprint density at radius 3 is 2.81 bits per heavy atom. The van der Waals surface area contributed by atoms with Crippen LogP contribution >= 0.6 is 12.2 Å². The van der Waals surface area contributed by atoms with Crippen molar-refractivity contribution in [3.8, 4) is 0 Å². The molecule has 0 aromatic carbocycles. The Kier molecular flexibility index (Phi) is 7.85. The lowest BCUT2D eigenvalue weighted by Crippen LogP contribution is -2.47. The first-order chi connectivity index (χ1) is 12.8. The Balaban J connectivity index is 2.32. The monoisotopic (exact) mass is 397 g/mol. The van der Waals surface area contributed by atoms with Crippen molar-refractivity contribution in [2.24, 2.45) is 5.92 Å². The Hall–Kier alpha value is -1.87. The Bertz CT molecular complexity index is 752. The molecule has 1 saturated heterocycles. The predicted octanol–water partition coefficient (Wildman–Crippen LogP) is 1.43. The van der Waals surface area contributed by atoms with Crippen LogP contribution in [0.15, 0.2) is 9.59 Å². The van der Waals surface area contributed by atoms with Gasteiger partial charge >= 0.3 is 5.69 Å². The lowest BCUT2D eigenvalue weighted by Gasteiger charge is -2.28. The van der Waals surface area contributed by atoms with E-state index in [1.54, 1.807) is 4.90 Å². The van der Waals surface area contributed by atoms with E-state index in [-0.39, 0.29) is 23.5 Å². The Labute approximate surface area is 165 Å². The molecule has 1 aliphatic heterocycles. The summed E-state index contributed by atoms with van der Waals surface area (Å²) in [5, 5.41) is 3.62. The minimum Gasteiger partial charge on any atom is -0.383 e. The molecule has 0 radical (unpaired) electrons. The van der Waals surface area contributed by atoms with Gasteiger partial charge < -0.3 is 20.7 Å². The van der Waals surface area contributed by atoms with Gasteiger partial charge in [0, 0.05) is 26.2 Å². The molecule has 0 bridgehead atoms. The molecule has 0 aliphatic carbocycles. The van der Waals surface area contributed by atoms with Gasteiger partial charge in [-0.05, 0) is 37.4 Å². The van der Waals surface area contributed by atoms with Crippen LogP contribution in [0.3, 0.4) is 0 Å². The minimum atomic E-state index is -0.519. The van der Waals surface area contributed by atoms with Crippen LogP contribution in [0.4, 0.5) is 11.5 Å². The molecule has 4 N–H and O–H groups in total. The second-order valence-electron chi connectivity index (χ2n) is 7.32. The second-order valence-corrected chi connectivity index (χ2v) is 7.71. The fraction of sp³-hybridized carbons (Fsp3) is 0.722. The highest BCUT2D eigenvalue weighted by Crippen LogP contribution is 2.19. The maximum atomic E-state index is 12.6. The van der Waals surface area contributed by atoms with Crippen LogP contribution in [-0.4, -0.2) is 40.5 Å². The number of hydrogen-bond donors (Lipinski definition) is 3. The number of rotatable bonds is 8.